The molecule has 0 spiro atoms. The summed E-state index contributed by atoms with van der Waals surface area (Å²) in [6.07, 6.45) is 1.95. The molecule has 0 N–H and O–H groups in total. The van der Waals surface area contributed by atoms with Gasteiger partial charge in [0.15, 0.2) is 0 Å². The zero-order chi connectivity index (χ0) is 24.3. The molecule has 37 heavy (non-hydrogen) atoms. The summed E-state index contributed by atoms with van der Waals surface area (Å²) in [4.78, 5) is 4.89. The van der Waals surface area contributed by atoms with Gasteiger partial charge in [-0.2, -0.15) is 0 Å². The summed E-state index contributed by atoms with van der Waals surface area (Å²) in [6.45, 7) is 0. The second-order valence-corrected chi connectivity index (χ2v) is 9.62. The molecule has 0 fully saturated rings. The van der Waals surface area contributed by atoms with Gasteiger partial charge in [-0.05, 0) is 63.3 Å². The van der Waals surface area contributed by atoms with Crippen LogP contribution in [0.5, 0.6) is 0 Å². The van der Waals surface area contributed by atoms with Gasteiger partial charge in [-0.3, -0.25) is 4.98 Å². The molecule has 0 saturated heterocycles. The largest absolute Gasteiger partial charge is 0.309 e. The molecule has 2 heterocycles. The minimum atomic E-state index is 1.02. The number of para-hydroxylation sites is 2. The van der Waals surface area contributed by atoms with Gasteiger partial charge in [0.25, 0.3) is 0 Å². The van der Waals surface area contributed by atoms with Crippen molar-refractivity contribution in [3.05, 3.63) is 134 Å². The monoisotopic (exact) mass is 470 g/mol. The predicted molar refractivity (Wildman–Crippen MR) is 157 cm³/mol. The summed E-state index contributed by atoms with van der Waals surface area (Å²) in [5, 5.41) is 10.0. The van der Waals surface area contributed by atoms with Crippen molar-refractivity contribution in [1.29, 1.82) is 0 Å². The number of benzene rings is 6. The highest BCUT2D eigenvalue weighted by Gasteiger charge is 2.15. The molecule has 172 valence electrons. The Labute approximate surface area is 214 Å². The lowest BCUT2D eigenvalue weighted by atomic mass is 9.95. The first-order chi connectivity index (χ1) is 18.4. The quantitative estimate of drug-likeness (QED) is 0.230. The fourth-order valence-corrected chi connectivity index (χ4v) is 5.96. The number of hydrogen-bond donors (Lipinski definition) is 0. The maximum atomic E-state index is 4.89. The van der Waals surface area contributed by atoms with Crippen LogP contribution in [-0.4, -0.2) is 9.55 Å². The maximum absolute atomic E-state index is 4.89. The van der Waals surface area contributed by atoms with Crippen molar-refractivity contribution in [2.24, 2.45) is 0 Å². The number of pyridine rings is 1. The summed E-state index contributed by atoms with van der Waals surface area (Å²) in [7, 11) is 0. The molecule has 0 atom stereocenters. The van der Waals surface area contributed by atoms with Crippen LogP contribution in [0.3, 0.4) is 0 Å². The second kappa shape index (κ2) is 7.78. The van der Waals surface area contributed by atoms with Gasteiger partial charge in [-0.25, -0.2) is 0 Å². The summed E-state index contributed by atoms with van der Waals surface area (Å²) < 4.78 is 2.35. The van der Waals surface area contributed by atoms with E-state index in [2.05, 4.69) is 132 Å². The van der Waals surface area contributed by atoms with Crippen molar-refractivity contribution >= 4 is 54.1 Å². The third kappa shape index (κ3) is 2.96. The zero-order valence-electron chi connectivity index (χ0n) is 20.1. The van der Waals surface area contributed by atoms with Gasteiger partial charge in [0, 0.05) is 33.6 Å². The third-order valence-corrected chi connectivity index (χ3v) is 7.63. The minimum Gasteiger partial charge on any atom is -0.309 e. The maximum Gasteiger partial charge on any atom is 0.0780 e. The van der Waals surface area contributed by atoms with Crippen LogP contribution in [0.25, 0.3) is 71.1 Å². The Bertz CT molecular complexity index is 2140. The van der Waals surface area contributed by atoms with Crippen molar-refractivity contribution in [3.8, 4) is 16.9 Å². The Morgan fingerprint density at radius 1 is 0.432 bits per heavy atom. The molecule has 0 aliphatic rings. The highest BCUT2D eigenvalue weighted by atomic mass is 15.0. The number of aromatic nitrogens is 2. The summed E-state index contributed by atoms with van der Waals surface area (Å²) in [5.74, 6) is 0. The molecule has 2 nitrogen and oxygen atoms in total. The van der Waals surface area contributed by atoms with E-state index in [1.807, 2.05) is 6.20 Å². The molecule has 6 aromatic carbocycles. The molecular weight excluding hydrogens is 448 g/mol. The molecule has 0 aliphatic carbocycles. The lowest BCUT2D eigenvalue weighted by molar-refractivity contribution is 1.18. The van der Waals surface area contributed by atoms with Crippen molar-refractivity contribution in [2.75, 3.05) is 0 Å². The van der Waals surface area contributed by atoms with E-state index in [4.69, 9.17) is 4.98 Å². The zero-order valence-corrected chi connectivity index (χ0v) is 20.1. The van der Waals surface area contributed by atoms with Crippen molar-refractivity contribution < 1.29 is 0 Å². The van der Waals surface area contributed by atoms with E-state index in [0.29, 0.717) is 0 Å². The Balaban J connectivity index is 1.40. The van der Waals surface area contributed by atoms with E-state index in [1.165, 1.54) is 59.8 Å². The van der Waals surface area contributed by atoms with Gasteiger partial charge in [0.2, 0.25) is 0 Å². The van der Waals surface area contributed by atoms with Crippen LogP contribution in [0.4, 0.5) is 0 Å². The Morgan fingerprint density at radius 3 is 2.03 bits per heavy atom. The van der Waals surface area contributed by atoms with E-state index in [0.717, 1.165) is 11.3 Å². The standard InChI is InChI=1S/C35H22N2/c1-2-9-25(10-3-1)37-33-13-7-6-12-30(33)32-22-24(15-19-34(32)37)35-31-18-17-27-26-11-5-4-8-23(26)14-16-28(27)29(31)20-21-36-35/h1-22H. The Hall–Kier alpha value is -4.95. The van der Waals surface area contributed by atoms with E-state index in [1.54, 1.807) is 0 Å². The number of fused-ring (bicyclic) bond motifs is 8. The van der Waals surface area contributed by atoms with Gasteiger partial charge in [0.05, 0.1) is 16.7 Å². The van der Waals surface area contributed by atoms with Gasteiger partial charge in [-0.15, -0.1) is 0 Å². The normalized spacial score (nSPS) is 11.8. The highest BCUT2D eigenvalue weighted by Crippen LogP contribution is 2.38. The van der Waals surface area contributed by atoms with Crippen molar-refractivity contribution in [2.45, 2.75) is 0 Å². The van der Waals surface area contributed by atoms with Crippen LogP contribution in [0.1, 0.15) is 0 Å². The molecule has 2 aromatic heterocycles. The van der Waals surface area contributed by atoms with E-state index < -0.39 is 0 Å². The third-order valence-electron chi connectivity index (χ3n) is 7.63. The lowest BCUT2D eigenvalue weighted by Gasteiger charge is -2.11. The summed E-state index contributed by atoms with van der Waals surface area (Å²) >= 11 is 0. The van der Waals surface area contributed by atoms with Crippen LogP contribution in [0.2, 0.25) is 0 Å². The Kier molecular flexibility index (Phi) is 4.26. The van der Waals surface area contributed by atoms with Gasteiger partial charge >= 0.3 is 0 Å². The van der Waals surface area contributed by atoms with Crippen LogP contribution in [-0.2, 0) is 0 Å². The average molecular weight is 471 g/mol. The van der Waals surface area contributed by atoms with E-state index >= 15 is 0 Å². The first-order valence-corrected chi connectivity index (χ1v) is 12.6. The molecule has 0 bridgehead atoms. The molecular formula is C35H22N2. The van der Waals surface area contributed by atoms with Gasteiger partial charge < -0.3 is 4.57 Å². The summed E-state index contributed by atoms with van der Waals surface area (Å²) in [6, 6.07) is 45.7. The fourth-order valence-electron chi connectivity index (χ4n) is 5.96. The molecule has 8 aromatic rings. The van der Waals surface area contributed by atoms with Crippen LogP contribution >= 0.6 is 0 Å². The lowest BCUT2D eigenvalue weighted by Crippen LogP contribution is -1.93. The number of rotatable bonds is 2. The second-order valence-electron chi connectivity index (χ2n) is 9.62. The minimum absolute atomic E-state index is 1.02. The Morgan fingerprint density at radius 2 is 1.11 bits per heavy atom. The SMILES string of the molecule is c1ccc(-n2c3ccccc3c3cc(-c4nccc5c4ccc4c6ccccc6ccc54)ccc32)cc1. The van der Waals surface area contributed by atoms with Crippen LogP contribution in [0, 0.1) is 0 Å². The molecule has 2 heteroatoms. The van der Waals surface area contributed by atoms with Gasteiger partial charge in [0.1, 0.15) is 0 Å². The topological polar surface area (TPSA) is 17.8 Å². The molecule has 0 amide bonds. The first kappa shape index (κ1) is 20.3. The van der Waals surface area contributed by atoms with Crippen molar-refractivity contribution in [3.63, 3.8) is 0 Å². The molecule has 0 saturated carbocycles. The van der Waals surface area contributed by atoms with E-state index in [-0.39, 0.29) is 0 Å². The first-order valence-electron chi connectivity index (χ1n) is 12.6. The molecule has 0 radical (unpaired) electrons. The van der Waals surface area contributed by atoms with Gasteiger partial charge in [-0.1, -0.05) is 91.0 Å². The van der Waals surface area contributed by atoms with Crippen LogP contribution in [0.15, 0.2) is 134 Å². The average Bonchev–Trinajstić information content (AvgIpc) is 3.30. The smallest absolute Gasteiger partial charge is 0.0780 e. The number of nitrogens with zero attached hydrogens (tertiary/aromatic N) is 2. The predicted octanol–water partition coefficient (Wildman–Crippen LogP) is 9.31. The fraction of sp³-hybridized carbons (Fsp3) is 0. The molecule has 0 aliphatic heterocycles. The van der Waals surface area contributed by atoms with Crippen LogP contribution < -0.4 is 0 Å². The van der Waals surface area contributed by atoms with E-state index in [9.17, 15) is 0 Å². The molecule has 8 rings (SSSR count). The number of hydrogen-bond acceptors (Lipinski definition) is 1. The molecule has 0 unspecified atom stereocenters. The van der Waals surface area contributed by atoms with Crippen molar-refractivity contribution in [1.82, 2.24) is 9.55 Å². The summed E-state index contributed by atoms with van der Waals surface area (Å²) in [5.41, 5.74) is 5.74. The highest BCUT2D eigenvalue weighted by molar-refractivity contribution is 6.19.